The van der Waals surface area contributed by atoms with E-state index in [9.17, 15) is 4.79 Å². The Kier molecular flexibility index (Phi) is 6.37. The fourth-order valence-electron chi connectivity index (χ4n) is 4.63. The van der Waals surface area contributed by atoms with Crippen LogP contribution in [0.3, 0.4) is 0 Å². The summed E-state index contributed by atoms with van der Waals surface area (Å²) >= 11 is 0. The quantitative estimate of drug-likeness (QED) is 0.450. The molecule has 0 radical (unpaired) electrons. The lowest BCUT2D eigenvalue weighted by Crippen LogP contribution is -2.44. The van der Waals surface area contributed by atoms with E-state index in [-0.39, 0.29) is 12.1 Å². The number of aromatic nitrogens is 3. The summed E-state index contributed by atoms with van der Waals surface area (Å²) in [5.41, 5.74) is 3.38. The number of likely N-dealkylation sites (N-methyl/N-ethyl adjacent to an activating group) is 1. The molecule has 3 N–H and O–H groups in total. The molecule has 2 saturated heterocycles. The summed E-state index contributed by atoms with van der Waals surface area (Å²) in [6, 6.07) is 12.0. The number of ether oxygens (including phenoxy) is 1. The van der Waals surface area contributed by atoms with Crippen molar-refractivity contribution >= 4 is 35.4 Å². The number of aromatic amines is 1. The Hall–Kier alpha value is -3.92. The van der Waals surface area contributed by atoms with Crippen molar-refractivity contribution in [1.29, 1.82) is 5.41 Å². The number of urea groups is 1. The van der Waals surface area contributed by atoms with E-state index in [1.807, 2.05) is 53.1 Å². The number of rotatable bonds is 7. The van der Waals surface area contributed by atoms with Gasteiger partial charge in [0, 0.05) is 49.7 Å². The molecule has 0 unspecified atom stereocenters. The molecule has 0 saturated carbocycles. The summed E-state index contributed by atoms with van der Waals surface area (Å²) in [7, 11) is 0. The summed E-state index contributed by atoms with van der Waals surface area (Å²) in [6.45, 7) is 8.27. The van der Waals surface area contributed by atoms with Crippen LogP contribution >= 0.6 is 0 Å². The number of carbonyl (C=O) groups is 1. The first kappa shape index (κ1) is 22.9. The van der Waals surface area contributed by atoms with Crippen LogP contribution in [0.5, 0.6) is 0 Å². The van der Waals surface area contributed by atoms with Crippen LogP contribution in [0.1, 0.15) is 19.4 Å². The molecule has 2 aliphatic rings. The predicted molar refractivity (Wildman–Crippen MR) is 137 cm³/mol. The lowest BCUT2D eigenvalue weighted by atomic mass is 10.00. The minimum Gasteiger partial charge on any atom is -0.377 e. The van der Waals surface area contributed by atoms with Gasteiger partial charge in [-0.1, -0.05) is 12.1 Å². The zero-order valence-electron chi connectivity index (χ0n) is 20.0. The molecular weight excluding hydrogens is 444 g/mol. The lowest BCUT2D eigenvalue weighted by Gasteiger charge is -2.35. The molecule has 10 nitrogen and oxygen atoms in total. The topological polar surface area (TPSA) is 113 Å². The van der Waals surface area contributed by atoms with Crippen LogP contribution in [0.15, 0.2) is 42.6 Å². The van der Waals surface area contributed by atoms with Gasteiger partial charge in [-0.3, -0.25) is 10.00 Å². The van der Waals surface area contributed by atoms with Gasteiger partial charge in [0.25, 0.3) is 0 Å². The molecule has 2 fully saturated rings. The van der Waals surface area contributed by atoms with Crippen LogP contribution in [0, 0.1) is 5.41 Å². The van der Waals surface area contributed by atoms with Gasteiger partial charge in [0.1, 0.15) is 17.5 Å². The second kappa shape index (κ2) is 9.75. The van der Waals surface area contributed by atoms with Crippen LogP contribution in [0.4, 0.5) is 27.9 Å². The van der Waals surface area contributed by atoms with E-state index in [0.717, 1.165) is 35.7 Å². The van der Waals surface area contributed by atoms with Crippen molar-refractivity contribution in [2.24, 2.45) is 0 Å². The molecule has 0 bridgehead atoms. The monoisotopic (exact) mass is 474 g/mol. The Morgan fingerprint density at radius 3 is 2.71 bits per heavy atom. The van der Waals surface area contributed by atoms with Gasteiger partial charge in [-0.05, 0) is 43.2 Å². The van der Waals surface area contributed by atoms with Gasteiger partial charge in [0.15, 0.2) is 0 Å². The number of morpholine rings is 1. The maximum absolute atomic E-state index is 12.6. The van der Waals surface area contributed by atoms with Crippen LogP contribution in [-0.2, 0) is 4.74 Å². The molecule has 3 aromatic rings. The third-order valence-corrected chi connectivity index (χ3v) is 6.57. The smallest absolute Gasteiger partial charge is 0.324 e. The number of hydrogen-bond acceptors (Lipinski definition) is 7. The third-order valence-electron chi connectivity index (χ3n) is 6.57. The molecule has 0 aliphatic carbocycles. The fourth-order valence-corrected chi connectivity index (χ4v) is 4.63. The summed E-state index contributed by atoms with van der Waals surface area (Å²) in [6.07, 6.45) is 2.99. The minimum absolute atomic E-state index is 0.0407. The number of nitrogens with zero attached hydrogens (tertiary/aromatic N) is 5. The Morgan fingerprint density at radius 1 is 1.23 bits per heavy atom. The van der Waals surface area contributed by atoms with Gasteiger partial charge in [-0.15, -0.1) is 0 Å². The highest BCUT2D eigenvalue weighted by Gasteiger charge is 2.28. The number of carbonyl (C=O) groups excluding carboxylic acids is 1. The highest BCUT2D eigenvalue weighted by Crippen LogP contribution is 2.34. The molecule has 1 aromatic carbocycles. The first-order valence-electron chi connectivity index (χ1n) is 11.9. The molecular formula is C25H30N8O2. The van der Waals surface area contributed by atoms with Crippen LogP contribution in [-0.4, -0.2) is 77.8 Å². The highest BCUT2D eigenvalue weighted by molar-refractivity contribution is 5.97. The first-order valence-corrected chi connectivity index (χ1v) is 11.9. The number of hydrogen-bond donors (Lipinski definition) is 3. The second-order valence-corrected chi connectivity index (χ2v) is 8.71. The summed E-state index contributed by atoms with van der Waals surface area (Å²) in [4.78, 5) is 23.4. The molecule has 2 aliphatic heterocycles. The van der Waals surface area contributed by atoms with Gasteiger partial charge in [-0.25, -0.2) is 9.78 Å². The Labute approximate surface area is 204 Å². The van der Waals surface area contributed by atoms with Gasteiger partial charge < -0.3 is 25.3 Å². The number of nitrogens with one attached hydrogen (secondary N) is 3. The number of benzene rings is 1. The van der Waals surface area contributed by atoms with Crippen LogP contribution in [0.2, 0.25) is 0 Å². The van der Waals surface area contributed by atoms with Crippen molar-refractivity contribution in [2.45, 2.75) is 19.9 Å². The average molecular weight is 475 g/mol. The largest absolute Gasteiger partial charge is 0.377 e. The third kappa shape index (κ3) is 4.44. The number of H-pyrrole nitrogens is 1. The Bertz CT molecular complexity index is 1190. The Balaban J connectivity index is 1.54. The number of amides is 2. The van der Waals surface area contributed by atoms with Crippen molar-refractivity contribution in [3.8, 4) is 11.1 Å². The molecule has 35 heavy (non-hydrogen) atoms. The summed E-state index contributed by atoms with van der Waals surface area (Å²) in [5, 5.41) is 18.4. The first-order chi connectivity index (χ1) is 17.1. The zero-order valence-corrected chi connectivity index (χ0v) is 20.0. The van der Waals surface area contributed by atoms with E-state index in [1.165, 1.54) is 6.21 Å². The van der Waals surface area contributed by atoms with Crippen molar-refractivity contribution < 1.29 is 9.53 Å². The molecule has 4 heterocycles. The van der Waals surface area contributed by atoms with Crippen molar-refractivity contribution in [3.05, 3.63) is 48.2 Å². The van der Waals surface area contributed by atoms with E-state index < -0.39 is 0 Å². The maximum Gasteiger partial charge on any atom is 0.324 e. The van der Waals surface area contributed by atoms with E-state index in [4.69, 9.17) is 15.1 Å². The lowest BCUT2D eigenvalue weighted by molar-refractivity contribution is 0.0985. The summed E-state index contributed by atoms with van der Waals surface area (Å²) in [5.74, 6) is 2.09. The molecule has 182 valence electrons. The van der Waals surface area contributed by atoms with Crippen molar-refractivity contribution in [1.82, 2.24) is 20.1 Å². The normalized spacial score (nSPS) is 18.3. The van der Waals surface area contributed by atoms with E-state index in [2.05, 4.69) is 27.3 Å². The second-order valence-electron chi connectivity index (χ2n) is 8.71. The molecule has 2 aromatic heterocycles. The van der Waals surface area contributed by atoms with Crippen LogP contribution < -0.4 is 15.1 Å². The molecule has 5 rings (SSSR count). The SMILES string of the molecule is CCN1CCN(c2ccc(-c3cc(N4CCOC[C@H]4C)nc(Nc4ccn[nH]4)c3C=N)cc2)C1=O. The summed E-state index contributed by atoms with van der Waals surface area (Å²) < 4.78 is 5.62. The van der Waals surface area contributed by atoms with Gasteiger partial charge in [-0.2, -0.15) is 5.10 Å². The maximum atomic E-state index is 12.6. The van der Waals surface area contributed by atoms with Crippen molar-refractivity contribution in [3.63, 3.8) is 0 Å². The minimum atomic E-state index is 0.0407. The molecule has 2 amide bonds. The molecule has 10 heteroatoms. The zero-order chi connectivity index (χ0) is 24.4. The molecule has 0 spiro atoms. The van der Waals surface area contributed by atoms with Crippen LogP contribution in [0.25, 0.3) is 11.1 Å². The predicted octanol–water partition coefficient (Wildman–Crippen LogP) is 3.70. The van der Waals surface area contributed by atoms with Gasteiger partial charge >= 0.3 is 6.03 Å². The number of pyridine rings is 1. The van der Waals surface area contributed by atoms with E-state index in [0.29, 0.717) is 43.5 Å². The van der Waals surface area contributed by atoms with E-state index >= 15 is 0 Å². The fraction of sp³-hybridized carbons (Fsp3) is 0.360. The molecule has 1 atom stereocenters. The van der Waals surface area contributed by atoms with E-state index in [1.54, 1.807) is 6.20 Å². The number of anilines is 4. The average Bonchev–Trinajstić information content (AvgIpc) is 3.53. The Morgan fingerprint density at radius 2 is 2.06 bits per heavy atom. The van der Waals surface area contributed by atoms with Gasteiger partial charge in [0.2, 0.25) is 0 Å². The highest BCUT2D eigenvalue weighted by atomic mass is 16.5. The van der Waals surface area contributed by atoms with Crippen molar-refractivity contribution in [2.75, 3.05) is 54.5 Å². The standard InChI is InChI=1S/C25H30N8O2/c1-3-31-10-11-33(25(31)34)19-6-4-18(5-7-19)20-14-23(32-12-13-35-16-17(32)2)29-24(21(20)15-26)28-22-8-9-27-30-22/h4-9,14-15,17,26H,3,10-13,16H2,1-2H3,(H2,27,28,29,30)/t17-/m1/s1. The van der Waals surface area contributed by atoms with Gasteiger partial charge in [0.05, 0.1) is 25.5 Å².